The third-order valence-corrected chi connectivity index (χ3v) is 3.21. The topological polar surface area (TPSA) is 58.2 Å². The minimum absolute atomic E-state index is 0.420. The summed E-state index contributed by atoms with van der Waals surface area (Å²) in [6.07, 6.45) is 1.16. The highest BCUT2D eigenvalue weighted by atomic mass is 32.2. The summed E-state index contributed by atoms with van der Waals surface area (Å²) in [5.41, 5.74) is 3.74. The normalized spacial score (nSPS) is 11.7. The second-order valence-electron chi connectivity index (χ2n) is 4.27. The smallest absolute Gasteiger partial charge is 0.208 e. The summed E-state index contributed by atoms with van der Waals surface area (Å²) >= 11 is 0. The van der Waals surface area contributed by atoms with Crippen molar-refractivity contribution in [3.8, 4) is 0 Å². The van der Waals surface area contributed by atoms with E-state index >= 15 is 0 Å². The van der Waals surface area contributed by atoms with Crippen LogP contribution in [-0.2, 0) is 16.6 Å². The summed E-state index contributed by atoms with van der Waals surface area (Å²) in [5.74, 6) is 0. The molecule has 0 aliphatic heterocycles. The van der Waals surface area contributed by atoms with E-state index in [-0.39, 0.29) is 0 Å². The quantitative estimate of drug-likeness (QED) is 0.745. The monoisotopic (exact) mass is 256 g/mol. The summed E-state index contributed by atoms with van der Waals surface area (Å²) in [7, 11) is -3.07. The lowest BCUT2D eigenvalue weighted by Gasteiger charge is -2.09. The van der Waals surface area contributed by atoms with Gasteiger partial charge in [-0.25, -0.2) is 13.1 Å². The van der Waals surface area contributed by atoms with E-state index in [9.17, 15) is 8.42 Å². The van der Waals surface area contributed by atoms with E-state index in [2.05, 4.69) is 42.1 Å². The molecule has 0 heterocycles. The molecule has 0 bridgehead atoms. The Hall–Kier alpha value is -0.910. The maximum atomic E-state index is 10.8. The average molecular weight is 256 g/mol. The third-order valence-electron chi connectivity index (χ3n) is 2.49. The summed E-state index contributed by atoms with van der Waals surface area (Å²) in [6.45, 7) is 5.95. The molecular weight excluding hydrogens is 236 g/mol. The van der Waals surface area contributed by atoms with Crippen molar-refractivity contribution >= 4 is 10.0 Å². The van der Waals surface area contributed by atoms with Crippen LogP contribution in [0.25, 0.3) is 0 Å². The Bertz CT molecular complexity index is 469. The van der Waals surface area contributed by atoms with Crippen molar-refractivity contribution in [2.75, 3.05) is 19.3 Å². The standard InChI is InChI=1S/C12H20N2O2S/c1-10-4-5-11(2)12(8-10)9-13-6-7-14-17(3,15)16/h4-5,8,13-14H,6-7,9H2,1-3H3. The molecule has 1 aromatic carbocycles. The Morgan fingerprint density at radius 3 is 2.53 bits per heavy atom. The maximum absolute atomic E-state index is 10.8. The Morgan fingerprint density at radius 1 is 1.18 bits per heavy atom. The van der Waals surface area contributed by atoms with Gasteiger partial charge in [-0.05, 0) is 25.0 Å². The fourth-order valence-electron chi connectivity index (χ4n) is 1.54. The first-order chi connectivity index (χ1) is 7.88. The van der Waals surface area contributed by atoms with Crippen LogP contribution < -0.4 is 10.0 Å². The summed E-state index contributed by atoms with van der Waals surface area (Å²) in [6, 6.07) is 6.33. The molecule has 0 amide bonds. The van der Waals surface area contributed by atoms with Crippen molar-refractivity contribution in [2.45, 2.75) is 20.4 Å². The van der Waals surface area contributed by atoms with Gasteiger partial charge in [0.2, 0.25) is 10.0 Å². The molecule has 5 heteroatoms. The minimum atomic E-state index is -3.07. The van der Waals surface area contributed by atoms with E-state index in [1.807, 2.05) is 0 Å². The Balaban J connectivity index is 2.34. The minimum Gasteiger partial charge on any atom is -0.311 e. The zero-order valence-corrected chi connectivity index (χ0v) is 11.4. The lowest BCUT2D eigenvalue weighted by Crippen LogP contribution is -2.30. The predicted molar refractivity (Wildman–Crippen MR) is 70.5 cm³/mol. The van der Waals surface area contributed by atoms with Crippen LogP contribution in [-0.4, -0.2) is 27.8 Å². The maximum Gasteiger partial charge on any atom is 0.208 e. The number of hydrogen-bond acceptors (Lipinski definition) is 3. The highest BCUT2D eigenvalue weighted by molar-refractivity contribution is 7.88. The molecule has 4 nitrogen and oxygen atoms in total. The number of benzene rings is 1. The van der Waals surface area contributed by atoms with Gasteiger partial charge < -0.3 is 5.32 Å². The number of aryl methyl sites for hydroxylation is 2. The molecule has 0 saturated heterocycles. The van der Waals surface area contributed by atoms with Gasteiger partial charge in [0.1, 0.15) is 0 Å². The highest BCUT2D eigenvalue weighted by Gasteiger charge is 2.00. The van der Waals surface area contributed by atoms with Crippen molar-refractivity contribution in [1.29, 1.82) is 0 Å². The molecule has 2 N–H and O–H groups in total. The number of rotatable bonds is 6. The van der Waals surface area contributed by atoms with Crippen molar-refractivity contribution in [3.63, 3.8) is 0 Å². The Morgan fingerprint density at radius 2 is 1.88 bits per heavy atom. The van der Waals surface area contributed by atoms with Crippen LogP contribution in [0.5, 0.6) is 0 Å². The second kappa shape index (κ2) is 6.14. The number of nitrogens with one attached hydrogen (secondary N) is 2. The SMILES string of the molecule is Cc1ccc(C)c(CNCCNS(C)(=O)=O)c1. The molecule has 0 saturated carbocycles. The molecule has 0 radical (unpaired) electrons. The second-order valence-corrected chi connectivity index (χ2v) is 6.11. The molecule has 96 valence electrons. The summed E-state index contributed by atoms with van der Waals surface area (Å²) < 4.78 is 24.1. The fourth-order valence-corrected chi connectivity index (χ4v) is 2.01. The zero-order chi connectivity index (χ0) is 12.9. The zero-order valence-electron chi connectivity index (χ0n) is 10.6. The molecule has 1 aromatic rings. The number of sulfonamides is 1. The van der Waals surface area contributed by atoms with E-state index in [4.69, 9.17) is 0 Å². The first-order valence-corrected chi connectivity index (χ1v) is 7.49. The molecule has 0 fully saturated rings. The van der Waals surface area contributed by atoms with Crippen LogP contribution >= 0.6 is 0 Å². The number of hydrogen-bond donors (Lipinski definition) is 2. The molecule has 0 unspecified atom stereocenters. The van der Waals surface area contributed by atoms with E-state index in [1.54, 1.807) is 0 Å². The fraction of sp³-hybridized carbons (Fsp3) is 0.500. The van der Waals surface area contributed by atoms with Gasteiger partial charge in [-0.2, -0.15) is 0 Å². The largest absolute Gasteiger partial charge is 0.311 e. The van der Waals surface area contributed by atoms with Crippen LogP contribution in [0, 0.1) is 13.8 Å². The lowest BCUT2D eigenvalue weighted by atomic mass is 10.1. The van der Waals surface area contributed by atoms with Crippen molar-refractivity contribution in [1.82, 2.24) is 10.0 Å². The molecule has 0 aliphatic rings. The van der Waals surface area contributed by atoms with Gasteiger partial charge in [0.05, 0.1) is 6.26 Å². The first-order valence-electron chi connectivity index (χ1n) is 5.60. The molecular formula is C12H20N2O2S. The van der Waals surface area contributed by atoms with Crippen LogP contribution in [0.4, 0.5) is 0 Å². The predicted octanol–water partition coefficient (Wildman–Crippen LogP) is 0.942. The summed E-state index contributed by atoms with van der Waals surface area (Å²) in [5, 5.41) is 3.22. The van der Waals surface area contributed by atoms with Crippen molar-refractivity contribution in [2.24, 2.45) is 0 Å². The molecule has 0 aliphatic carbocycles. The van der Waals surface area contributed by atoms with E-state index in [0.717, 1.165) is 12.8 Å². The van der Waals surface area contributed by atoms with Crippen molar-refractivity contribution in [3.05, 3.63) is 34.9 Å². The Labute approximate surface area is 103 Å². The molecule has 1 rings (SSSR count). The van der Waals surface area contributed by atoms with Gasteiger partial charge in [-0.1, -0.05) is 23.8 Å². The Kier molecular flexibility index (Phi) is 5.11. The van der Waals surface area contributed by atoms with Gasteiger partial charge in [0, 0.05) is 19.6 Å². The molecule has 0 spiro atoms. The molecule has 0 aromatic heterocycles. The lowest BCUT2D eigenvalue weighted by molar-refractivity contribution is 0.581. The first kappa shape index (κ1) is 14.2. The van der Waals surface area contributed by atoms with Crippen LogP contribution in [0.2, 0.25) is 0 Å². The molecule has 17 heavy (non-hydrogen) atoms. The summed E-state index contributed by atoms with van der Waals surface area (Å²) in [4.78, 5) is 0. The van der Waals surface area contributed by atoms with E-state index in [0.29, 0.717) is 13.1 Å². The van der Waals surface area contributed by atoms with Gasteiger partial charge in [0.25, 0.3) is 0 Å². The van der Waals surface area contributed by atoms with Gasteiger partial charge in [-0.3, -0.25) is 0 Å². The van der Waals surface area contributed by atoms with Gasteiger partial charge in [-0.15, -0.1) is 0 Å². The van der Waals surface area contributed by atoms with Gasteiger partial charge in [0.15, 0.2) is 0 Å². The van der Waals surface area contributed by atoms with Crippen LogP contribution in [0.15, 0.2) is 18.2 Å². The highest BCUT2D eigenvalue weighted by Crippen LogP contribution is 2.09. The molecule has 0 atom stereocenters. The van der Waals surface area contributed by atoms with E-state index < -0.39 is 10.0 Å². The third kappa shape index (κ3) is 5.81. The van der Waals surface area contributed by atoms with Gasteiger partial charge >= 0.3 is 0 Å². The van der Waals surface area contributed by atoms with Crippen LogP contribution in [0.1, 0.15) is 16.7 Å². The van der Waals surface area contributed by atoms with Crippen LogP contribution in [0.3, 0.4) is 0 Å². The van der Waals surface area contributed by atoms with Crippen molar-refractivity contribution < 1.29 is 8.42 Å². The van der Waals surface area contributed by atoms with E-state index in [1.165, 1.54) is 16.7 Å². The average Bonchev–Trinajstić information content (AvgIpc) is 2.21.